The van der Waals surface area contributed by atoms with Gasteiger partial charge < -0.3 is 24.4 Å². The van der Waals surface area contributed by atoms with Crippen LogP contribution in [0.4, 0.5) is 0 Å². The largest absolute Gasteiger partial charge is 0.497 e. The Bertz CT molecular complexity index is 1130. The molecule has 37 heavy (non-hydrogen) atoms. The molecule has 2 saturated carbocycles. The Morgan fingerprint density at radius 2 is 1.78 bits per heavy atom. The highest BCUT2D eigenvalue weighted by Crippen LogP contribution is 2.54. The Morgan fingerprint density at radius 3 is 2.51 bits per heavy atom. The van der Waals surface area contributed by atoms with E-state index in [0.29, 0.717) is 0 Å². The third-order valence-electron chi connectivity index (χ3n) is 8.79. The molecule has 1 amide bonds. The average molecular weight is 505 g/mol. The molecule has 5 rings (SSSR count). The van der Waals surface area contributed by atoms with E-state index in [9.17, 15) is 4.79 Å². The van der Waals surface area contributed by atoms with E-state index in [1.807, 2.05) is 43.5 Å². The van der Waals surface area contributed by atoms with Crippen molar-refractivity contribution in [2.75, 3.05) is 41.0 Å². The second-order valence-corrected chi connectivity index (χ2v) is 11.0. The van der Waals surface area contributed by atoms with Gasteiger partial charge >= 0.3 is 0 Å². The maximum Gasteiger partial charge on any atom is 0.244 e. The van der Waals surface area contributed by atoms with E-state index in [1.54, 1.807) is 20.3 Å². The zero-order chi connectivity index (χ0) is 25.9. The molecule has 3 fully saturated rings. The number of carbonyl (C=O) groups is 1. The Labute approximate surface area is 221 Å². The van der Waals surface area contributed by atoms with Crippen LogP contribution in [0.5, 0.6) is 11.5 Å². The highest BCUT2D eigenvalue weighted by Gasteiger charge is 2.59. The zero-order valence-corrected chi connectivity index (χ0v) is 22.4. The molecule has 6 nitrogen and oxygen atoms in total. The molecule has 1 heterocycles. The molecule has 3 aliphatic rings. The van der Waals surface area contributed by atoms with Gasteiger partial charge in [0.2, 0.25) is 5.91 Å². The van der Waals surface area contributed by atoms with E-state index in [2.05, 4.69) is 28.4 Å². The number of hydrogen-bond acceptors (Lipinski definition) is 5. The lowest BCUT2D eigenvalue weighted by molar-refractivity contribution is -0.150. The van der Waals surface area contributed by atoms with Crippen LogP contribution in [0.15, 0.2) is 54.6 Å². The summed E-state index contributed by atoms with van der Waals surface area (Å²) in [7, 11) is 5.25. The summed E-state index contributed by atoms with van der Waals surface area (Å²) in [5.74, 6) is 2.43. The number of piperidine rings is 1. The topological polar surface area (TPSA) is 60.0 Å². The lowest BCUT2D eigenvalue weighted by atomic mass is 9.55. The van der Waals surface area contributed by atoms with Gasteiger partial charge in [-0.1, -0.05) is 24.3 Å². The molecule has 0 bridgehead atoms. The molecule has 2 aliphatic carbocycles. The number of nitrogens with zero attached hydrogens (tertiary/aromatic N) is 1. The van der Waals surface area contributed by atoms with Gasteiger partial charge in [-0.05, 0) is 92.5 Å². The number of ether oxygens (including phenoxy) is 3. The first kappa shape index (κ1) is 25.8. The fourth-order valence-corrected chi connectivity index (χ4v) is 6.62. The number of fused-ring (bicyclic) bond motifs is 1. The Kier molecular flexibility index (Phi) is 7.59. The molecule has 2 aromatic rings. The van der Waals surface area contributed by atoms with Crippen LogP contribution in [0.3, 0.4) is 0 Å². The van der Waals surface area contributed by atoms with Crippen molar-refractivity contribution in [1.82, 2.24) is 10.2 Å². The van der Waals surface area contributed by atoms with Crippen molar-refractivity contribution in [2.24, 2.45) is 5.92 Å². The number of methoxy groups -OCH3 is 3. The number of carbonyl (C=O) groups excluding carboxylic acids is 1. The highest BCUT2D eigenvalue weighted by molar-refractivity contribution is 5.92. The van der Waals surface area contributed by atoms with Gasteiger partial charge in [-0.3, -0.25) is 4.79 Å². The number of amides is 1. The molecular formula is C31H40N2O4. The maximum absolute atomic E-state index is 13.0. The first-order chi connectivity index (χ1) is 18.0. The van der Waals surface area contributed by atoms with E-state index in [-0.39, 0.29) is 23.0 Å². The molecule has 0 spiro atoms. The molecular weight excluding hydrogens is 464 g/mol. The van der Waals surface area contributed by atoms with Gasteiger partial charge in [0, 0.05) is 37.7 Å². The van der Waals surface area contributed by atoms with E-state index < -0.39 is 0 Å². The number of likely N-dealkylation sites (tertiary alicyclic amines) is 1. The molecule has 198 valence electrons. The fourth-order valence-electron chi connectivity index (χ4n) is 6.62. The molecule has 1 aliphatic heterocycles. The van der Waals surface area contributed by atoms with E-state index in [0.717, 1.165) is 61.8 Å². The number of nitrogens with one attached hydrogen (secondary N) is 1. The van der Waals surface area contributed by atoms with Gasteiger partial charge in [-0.15, -0.1) is 0 Å². The standard InChI is InChI=1S/C31H40N2O4/c1-35-27-8-4-6-23(18-27)12-13-29(34)32-26-14-15-31(37-3)22-33(21-24-10-11-24)17-16-30(31,20-26)25-7-5-9-28(19-25)36-2/h4-9,12-13,18-19,24,26H,10-11,14-17,20-22H2,1-3H3,(H,32,34)/t26-,30-,31-/m0/s1. The van der Waals surface area contributed by atoms with Gasteiger partial charge in [0.05, 0.1) is 19.8 Å². The zero-order valence-electron chi connectivity index (χ0n) is 22.4. The van der Waals surface area contributed by atoms with Crippen LogP contribution in [0.2, 0.25) is 0 Å². The van der Waals surface area contributed by atoms with Crippen LogP contribution in [0.25, 0.3) is 6.08 Å². The highest BCUT2D eigenvalue weighted by atomic mass is 16.5. The van der Waals surface area contributed by atoms with Crippen molar-refractivity contribution in [1.29, 1.82) is 0 Å². The third kappa shape index (κ3) is 5.41. The smallest absolute Gasteiger partial charge is 0.244 e. The molecule has 1 saturated heterocycles. The second-order valence-electron chi connectivity index (χ2n) is 11.0. The van der Waals surface area contributed by atoms with E-state index in [1.165, 1.54) is 24.9 Å². The van der Waals surface area contributed by atoms with Crippen LogP contribution < -0.4 is 14.8 Å². The second kappa shape index (κ2) is 10.9. The first-order valence-corrected chi connectivity index (χ1v) is 13.5. The number of hydrogen-bond donors (Lipinski definition) is 1. The minimum atomic E-state index is -0.288. The minimum Gasteiger partial charge on any atom is -0.497 e. The van der Waals surface area contributed by atoms with Gasteiger partial charge in [-0.2, -0.15) is 0 Å². The molecule has 0 radical (unpaired) electrons. The summed E-state index contributed by atoms with van der Waals surface area (Å²) in [6.07, 6.45) is 9.85. The summed E-state index contributed by atoms with van der Waals surface area (Å²) >= 11 is 0. The SMILES string of the molecule is COc1cccc(C=CC(=O)N[C@H]2CC[C@]3(OC)CN(CC4CC4)CC[C@@]3(c3cccc(OC)c3)C2)c1. The van der Waals surface area contributed by atoms with Gasteiger partial charge in [0.1, 0.15) is 11.5 Å². The van der Waals surface area contributed by atoms with Crippen molar-refractivity contribution in [2.45, 2.75) is 55.6 Å². The Hall–Kier alpha value is -2.83. The third-order valence-corrected chi connectivity index (χ3v) is 8.79. The Balaban J connectivity index is 1.37. The van der Waals surface area contributed by atoms with Crippen molar-refractivity contribution >= 4 is 12.0 Å². The summed E-state index contributed by atoms with van der Waals surface area (Å²) in [6.45, 7) is 3.16. The summed E-state index contributed by atoms with van der Waals surface area (Å²) < 4.78 is 17.4. The minimum absolute atomic E-state index is 0.0651. The molecule has 6 heteroatoms. The average Bonchev–Trinajstić information content (AvgIpc) is 3.76. The van der Waals surface area contributed by atoms with E-state index >= 15 is 0 Å². The summed E-state index contributed by atoms with van der Waals surface area (Å²) in [5, 5.41) is 3.31. The predicted molar refractivity (Wildman–Crippen MR) is 146 cm³/mol. The lowest BCUT2D eigenvalue weighted by Crippen LogP contribution is -2.68. The van der Waals surface area contributed by atoms with Crippen LogP contribution in [-0.2, 0) is 14.9 Å². The number of rotatable bonds is 9. The molecule has 3 atom stereocenters. The van der Waals surface area contributed by atoms with Crippen molar-refractivity contribution in [3.05, 3.63) is 65.7 Å². The molecule has 0 aromatic heterocycles. The summed E-state index contributed by atoms with van der Waals surface area (Å²) in [6, 6.07) is 16.3. The van der Waals surface area contributed by atoms with Crippen molar-refractivity contribution in [3.63, 3.8) is 0 Å². The van der Waals surface area contributed by atoms with Crippen molar-refractivity contribution in [3.8, 4) is 11.5 Å². The van der Waals surface area contributed by atoms with Crippen LogP contribution in [0.1, 0.15) is 49.7 Å². The van der Waals surface area contributed by atoms with Gasteiger partial charge in [0.25, 0.3) is 0 Å². The molecule has 2 aromatic carbocycles. The van der Waals surface area contributed by atoms with Crippen LogP contribution in [0, 0.1) is 5.92 Å². The monoisotopic (exact) mass is 504 g/mol. The van der Waals surface area contributed by atoms with Crippen molar-refractivity contribution < 1.29 is 19.0 Å². The lowest BCUT2D eigenvalue weighted by Gasteiger charge is -2.60. The van der Waals surface area contributed by atoms with E-state index in [4.69, 9.17) is 14.2 Å². The fraction of sp³-hybridized carbons (Fsp3) is 0.516. The molecule has 1 N–H and O–H groups in total. The van der Waals surface area contributed by atoms with Crippen LogP contribution in [-0.4, -0.2) is 63.4 Å². The van der Waals surface area contributed by atoms with Crippen LogP contribution >= 0.6 is 0 Å². The quantitative estimate of drug-likeness (QED) is 0.496. The summed E-state index contributed by atoms with van der Waals surface area (Å²) in [4.78, 5) is 15.6. The molecule has 0 unspecified atom stereocenters. The Morgan fingerprint density at radius 1 is 1.03 bits per heavy atom. The maximum atomic E-state index is 13.0. The number of benzene rings is 2. The first-order valence-electron chi connectivity index (χ1n) is 13.5. The van der Waals surface area contributed by atoms with Gasteiger partial charge in [0.15, 0.2) is 0 Å². The normalized spacial score (nSPS) is 28.0. The summed E-state index contributed by atoms with van der Waals surface area (Å²) in [5.41, 5.74) is 1.71. The van der Waals surface area contributed by atoms with Gasteiger partial charge in [-0.25, -0.2) is 0 Å². The predicted octanol–water partition coefficient (Wildman–Crippen LogP) is 4.82.